The maximum Gasteiger partial charge on any atom is 0.137 e. The third-order valence-corrected chi connectivity index (χ3v) is 11.2. The molecular formula is C54H35NO. The van der Waals surface area contributed by atoms with E-state index in [0.29, 0.717) is 0 Å². The highest BCUT2D eigenvalue weighted by Crippen LogP contribution is 2.44. The Balaban J connectivity index is 1.01. The second kappa shape index (κ2) is 13.2. The van der Waals surface area contributed by atoms with Gasteiger partial charge >= 0.3 is 0 Å². The highest BCUT2D eigenvalue weighted by molar-refractivity contribution is 6.13. The maximum atomic E-state index is 6.39. The van der Waals surface area contributed by atoms with Gasteiger partial charge in [-0.15, -0.1) is 0 Å². The van der Waals surface area contributed by atoms with Crippen LogP contribution in [0.4, 0.5) is 17.1 Å². The number of fused-ring (bicyclic) bond motifs is 7. The Hall–Kier alpha value is -7.42. The first kappa shape index (κ1) is 32.0. The SMILES string of the molecule is c1cc(-c2ccc(-c3cccc4ccccc34)cc2)cc(N(c2ccc(-c3ccc4c(ccc5ccccc54)c3)cc2)c2cccc3oc4ccccc4c23)c1. The number of benzene rings is 10. The number of rotatable bonds is 6. The van der Waals surface area contributed by atoms with Gasteiger partial charge in [-0.1, -0.05) is 164 Å². The van der Waals surface area contributed by atoms with Crippen molar-refractivity contribution < 1.29 is 4.42 Å². The first-order valence-corrected chi connectivity index (χ1v) is 19.2. The van der Waals surface area contributed by atoms with Crippen molar-refractivity contribution in [3.63, 3.8) is 0 Å². The molecule has 0 radical (unpaired) electrons. The smallest absolute Gasteiger partial charge is 0.137 e. The van der Waals surface area contributed by atoms with Gasteiger partial charge in [0.05, 0.1) is 11.1 Å². The summed E-state index contributed by atoms with van der Waals surface area (Å²) in [6.07, 6.45) is 0. The summed E-state index contributed by atoms with van der Waals surface area (Å²) < 4.78 is 6.39. The van der Waals surface area contributed by atoms with E-state index in [4.69, 9.17) is 4.42 Å². The molecular weight excluding hydrogens is 679 g/mol. The lowest BCUT2D eigenvalue weighted by atomic mass is 9.96. The minimum Gasteiger partial charge on any atom is -0.456 e. The summed E-state index contributed by atoms with van der Waals surface area (Å²) >= 11 is 0. The minimum absolute atomic E-state index is 0.870. The quantitative estimate of drug-likeness (QED) is 0.160. The fraction of sp³-hybridized carbons (Fsp3) is 0. The first-order valence-electron chi connectivity index (χ1n) is 19.2. The highest BCUT2D eigenvalue weighted by atomic mass is 16.3. The Kier molecular flexibility index (Phi) is 7.53. The molecule has 0 N–H and O–H groups in total. The van der Waals surface area contributed by atoms with Crippen LogP contribution in [-0.2, 0) is 0 Å². The standard InChI is InChI=1S/C54H35NO/c1-3-15-46-38(10-1)12-8-18-48(46)40-24-22-36(23-25-40)41-13-7-14-45(35-41)55(51-19-9-21-53-54(51)50-17-5-6-20-52(50)56-53)44-31-28-37(29-32-44)42-30-33-49-43(34-42)27-26-39-11-2-4-16-47(39)49/h1-35H. The van der Waals surface area contributed by atoms with E-state index in [-0.39, 0.29) is 0 Å². The lowest BCUT2D eigenvalue weighted by Crippen LogP contribution is -2.10. The van der Waals surface area contributed by atoms with Crippen molar-refractivity contribution in [2.75, 3.05) is 4.90 Å². The lowest BCUT2D eigenvalue weighted by molar-refractivity contribution is 0.669. The second-order valence-electron chi connectivity index (χ2n) is 14.5. The van der Waals surface area contributed by atoms with Crippen molar-refractivity contribution in [2.45, 2.75) is 0 Å². The molecule has 0 fully saturated rings. The van der Waals surface area contributed by atoms with Gasteiger partial charge in [-0.05, 0) is 114 Å². The maximum absolute atomic E-state index is 6.39. The Morgan fingerprint density at radius 1 is 0.304 bits per heavy atom. The summed E-state index contributed by atoms with van der Waals surface area (Å²) in [6.45, 7) is 0. The van der Waals surface area contributed by atoms with Crippen LogP contribution in [0, 0.1) is 0 Å². The summed E-state index contributed by atoms with van der Waals surface area (Å²) in [5.74, 6) is 0. The van der Waals surface area contributed by atoms with Gasteiger partial charge in [0, 0.05) is 16.8 Å². The molecule has 0 aliphatic carbocycles. The van der Waals surface area contributed by atoms with Gasteiger partial charge in [0.25, 0.3) is 0 Å². The predicted octanol–water partition coefficient (Wildman–Crippen LogP) is 15.5. The van der Waals surface area contributed by atoms with Crippen LogP contribution in [0.5, 0.6) is 0 Å². The Labute approximate surface area is 325 Å². The fourth-order valence-corrected chi connectivity index (χ4v) is 8.51. The second-order valence-corrected chi connectivity index (χ2v) is 14.5. The Morgan fingerprint density at radius 2 is 0.875 bits per heavy atom. The number of hydrogen-bond donors (Lipinski definition) is 0. The van der Waals surface area contributed by atoms with Crippen molar-refractivity contribution in [1.82, 2.24) is 0 Å². The molecule has 0 saturated carbocycles. The average Bonchev–Trinajstić information content (AvgIpc) is 3.66. The van der Waals surface area contributed by atoms with Crippen LogP contribution in [0.1, 0.15) is 0 Å². The molecule has 0 amide bonds. The minimum atomic E-state index is 0.870. The number of anilines is 3. The van der Waals surface area contributed by atoms with E-state index in [0.717, 1.165) is 44.6 Å². The van der Waals surface area contributed by atoms with Crippen LogP contribution in [0.25, 0.3) is 87.6 Å². The van der Waals surface area contributed by atoms with Gasteiger partial charge in [-0.2, -0.15) is 0 Å². The molecule has 10 aromatic carbocycles. The van der Waals surface area contributed by atoms with Crippen LogP contribution >= 0.6 is 0 Å². The summed E-state index contributed by atoms with van der Waals surface area (Å²) in [4.78, 5) is 2.37. The van der Waals surface area contributed by atoms with Gasteiger partial charge in [-0.25, -0.2) is 0 Å². The summed E-state index contributed by atoms with van der Waals surface area (Å²) in [5, 5.41) is 9.78. The van der Waals surface area contributed by atoms with Crippen LogP contribution in [0.2, 0.25) is 0 Å². The molecule has 1 heterocycles. The number of nitrogens with zero attached hydrogens (tertiary/aromatic N) is 1. The molecule has 262 valence electrons. The molecule has 56 heavy (non-hydrogen) atoms. The van der Waals surface area contributed by atoms with Crippen molar-refractivity contribution in [3.8, 4) is 33.4 Å². The van der Waals surface area contributed by atoms with Crippen LogP contribution < -0.4 is 4.90 Å². The zero-order valence-corrected chi connectivity index (χ0v) is 30.6. The first-order chi connectivity index (χ1) is 27.7. The van der Waals surface area contributed by atoms with Gasteiger partial charge in [0.15, 0.2) is 0 Å². The van der Waals surface area contributed by atoms with E-state index in [9.17, 15) is 0 Å². The number of hydrogen-bond acceptors (Lipinski definition) is 2. The van der Waals surface area contributed by atoms with Crippen LogP contribution in [0.3, 0.4) is 0 Å². The zero-order chi connectivity index (χ0) is 37.0. The molecule has 0 aliphatic heterocycles. The van der Waals surface area contributed by atoms with E-state index in [2.05, 4.69) is 205 Å². The number of furan rings is 1. The monoisotopic (exact) mass is 713 g/mol. The van der Waals surface area contributed by atoms with Crippen molar-refractivity contribution >= 4 is 71.3 Å². The summed E-state index contributed by atoms with van der Waals surface area (Å²) in [6, 6.07) is 76.5. The molecule has 0 spiro atoms. The average molecular weight is 714 g/mol. The molecule has 0 unspecified atom stereocenters. The molecule has 2 heteroatoms. The topological polar surface area (TPSA) is 16.4 Å². The molecule has 0 atom stereocenters. The molecule has 0 saturated heterocycles. The fourth-order valence-electron chi connectivity index (χ4n) is 8.51. The Bertz CT molecular complexity index is 3240. The van der Waals surface area contributed by atoms with E-state index in [1.165, 1.54) is 60.1 Å². The molecule has 0 bridgehead atoms. The highest BCUT2D eigenvalue weighted by Gasteiger charge is 2.20. The van der Waals surface area contributed by atoms with Crippen LogP contribution in [0.15, 0.2) is 217 Å². The third-order valence-electron chi connectivity index (χ3n) is 11.2. The summed E-state index contributed by atoms with van der Waals surface area (Å²) in [7, 11) is 0. The predicted molar refractivity (Wildman–Crippen MR) is 237 cm³/mol. The normalized spacial score (nSPS) is 11.6. The third kappa shape index (κ3) is 5.42. The van der Waals surface area contributed by atoms with E-state index < -0.39 is 0 Å². The number of para-hydroxylation sites is 1. The van der Waals surface area contributed by atoms with Gasteiger partial charge in [-0.3, -0.25) is 0 Å². The zero-order valence-electron chi connectivity index (χ0n) is 30.6. The van der Waals surface area contributed by atoms with Gasteiger partial charge in [0.2, 0.25) is 0 Å². The molecule has 11 aromatic rings. The van der Waals surface area contributed by atoms with Crippen molar-refractivity contribution in [2.24, 2.45) is 0 Å². The molecule has 2 nitrogen and oxygen atoms in total. The van der Waals surface area contributed by atoms with E-state index in [1.807, 2.05) is 12.1 Å². The van der Waals surface area contributed by atoms with Crippen molar-refractivity contribution in [3.05, 3.63) is 212 Å². The summed E-state index contributed by atoms with van der Waals surface area (Å²) in [5.41, 5.74) is 12.1. The van der Waals surface area contributed by atoms with E-state index in [1.54, 1.807) is 0 Å². The largest absolute Gasteiger partial charge is 0.456 e. The molecule has 1 aromatic heterocycles. The van der Waals surface area contributed by atoms with Gasteiger partial charge in [0.1, 0.15) is 11.2 Å². The van der Waals surface area contributed by atoms with Crippen LogP contribution in [-0.4, -0.2) is 0 Å². The molecule has 11 rings (SSSR count). The van der Waals surface area contributed by atoms with E-state index >= 15 is 0 Å². The lowest BCUT2D eigenvalue weighted by Gasteiger charge is -2.27. The van der Waals surface area contributed by atoms with Gasteiger partial charge < -0.3 is 9.32 Å². The Morgan fingerprint density at radius 3 is 1.71 bits per heavy atom. The molecule has 0 aliphatic rings. The van der Waals surface area contributed by atoms with Crippen molar-refractivity contribution in [1.29, 1.82) is 0 Å².